The molecule has 7 nitrogen and oxygen atoms in total. The molecule has 148 valence electrons. The molecule has 3 aromatic rings. The van der Waals surface area contributed by atoms with Crippen LogP contribution in [0.4, 0.5) is 0 Å². The first-order chi connectivity index (χ1) is 13.7. The van der Waals surface area contributed by atoms with Crippen molar-refractivity contribution in [3.8, 4) is 0 Å². The molecule has 1 aliphatic rings. The fourth-order valence-electron chi connectivity index (χ4n) is 3.86. The Hall–Kier alpha value is -2.83. The maximum Gasteiger partial charge on any atom is 0.289 e. The van der Waals surface area contributed by atoms with Gasteiger partial charge in [-0.1, -0.05) is 13.3 Å². The number of piperidine rings is 1. The number of furan rings is 1. The van der Waals surface area contributed by atoms with Gasteiger partial charge in [0.1, 0.15) is 11.6 Å². The Morgan fingerprint density at radius 2 is 2.21 bits per heavy atom. The van der Waals surface area contributed by atoms with E-state index in [-0.39, 0.29) is 11.8 Å². The molecule has 1 saturated heterocycles. The van der Waals surface area contributed by atoms with Crippen LogP contribution >= 0.6 is 0 Å². The molecule has 0 bridgehead atoms. The van der Waals surface area contributed by atoms with Crippen LogP contribution in [0.15, 0.2) is 47.4 Å². The molecule has 4 rings (SSSR count). The van der Waals surface area contributed by atoms with Crippen molar-refractivity contribution in [3.63, 3.8) is 0 Å². The molecule has 1 amide bonds. The number of rotatable bonds is 7. The van der Waals surface area contributed by atoms with Crippen LogP contribution in [-0.4, -0.2) is 43.2 Å². The van der Waals surface area contributed by atoms with Crippen molar-refractivity contribution < 1.29 is 9.21 Å². The third kappa shape index (κ3) is 4.03. The summed E-state index contributed by atoms with van der Waals surface area (Å²) in [5.41, 5.74) is 0. The molecule has 0 aromatic carbocycles. The first-order valence-electron chi connectivity index (χ1n) is 10.1. The van der Waals surface area contributed by atoms with Crippen LogP contribution in [0.5, 0.6) is 0 Å². The lowest BCUT2D eigenvalue weighted by atomic mass is 9.97. The summed E-state index contributed by atoms with van der Waals surface area (Å²) in [4.78, 5) is 19.5. The van der Waals surface area contributed by atoms with Gasteiger partial charge in [0.2, 0.25) is 0 Å². The van der Waals surface area contributed by atoms with Crippen LogP contribution in [0.2, 0.25) is 0 Å². The Bertz CT molecular complexity index is 896. The number of unbranched alkanes of at least 4 members (excludes halogenated alkanes) is 1. The Kier molecular flexibility index (Phi) is 5.60. The number of nitrogens with zero attached hydrogens (tertiary/aromatic N) is 5. The quantitative estimate of drug-likeness (QED) is 0.628. The molecule has 28 heavy (non-hydrogen) atoms. The minimum atomic E-state index is -0.0388. The van der Waals surface area contributed by atoms with Gasteiger partial charge >= 0.3 is 0 Å². The van der Waals surface area contributed by atoms with Gasteiger partial charge in [-0.25, -0.2) is 4.98 Å². The summed E-state index contributed by atoms with van der Waals surface area (Å²) in [6.07, 6.45) is 11.9. The molecule has 1 fully saturated rings. The van der Waals surface area contributed by atoms with E-state index in [0.29, 0.717) is 18.8 Å². The van der Waals surface area contributed by atoms with Crippen molar-refractivity contribution in [2.24, 2.45) is 0 Å². The number of aromatic nitrogens is 4. The predicted octanol–water partition coefficient (Wildman–Crippen LogP) is 3.54. The second-order valence-electron chi connectivity index (χ2n) is 7.39. The van der Waals surface area contributed by atoms with Gasteiger partial charge in [-0.3, -0.25) is 9.48 Å². The molecule has 0 radical (unpaired) electrons. The largest absolute Gasteiger partial charge is 0.454 e. The van der Waals surface area contributed by atoms with Crippen molar-refractivity contribution in [2.45, 2.75) is 51.6 Å². The summed E-state index contributed by atoms with van der Waals surface area (Å²) in [5.74, 6) is 2.48. The number of carbonyl (C=O) groups excluding carboxylic acids is 1. The zero-order chi connectivity index (χ0) is 19.3. The summed E-state index contributed by atoms with van der Waals surface area (Å²) >= 11 is 0. The van der Waals surface area contributed by atoms with Gasteiger partial charge in [-0.2, -0.15) is 5.10 Å². The van der Waals surface area contributed by atoms with E-state index >= 15 is 0 Å². The summed E-state index contributed by atoms with van der Waals surface area (Å²) in [6, 6.07) is 5.49. The highest BCUT2D eigenvalue weighted by Gasteiger charge is 2.29. The minimum absolute atomic E-state index is 0.0388. The second kappa shape index (κ2) is 8.46. The summed E-state index contributed by atoms with van der Waals surface area (Å²) < 4.78 is 9.83. The fraction of sp³-hybridized carbons (Fsp3) is 0.476. The number of carbonyl (C=O) groups is 1. The molecule has 1 atom stereocenters. The molecule has 1 aliphatic heterocycles. The maximum absolute atomic E-state index is 13.0. The number of imidazole rings is 1. The van der Waals surface area contributed by atoms with Crippen LogP contribution in [0.25, 0.3) is 0 Å². The molecule has 0 aliphatic carbocycles. The SMILES string of the molecule is CCCCn1ccnc1C1CCCN(C(=O)c2ccc(Cn3cccn3)o2)C1. The van der Waals surface area contributed by atoms with Gasteiger partial charge in [0.05, 0.1) is 6.54 Å². The molecular weight excluding hydrogens is 354 g/mol. The van der Waals surface area contributed by atoms with Gasteiger partial charge in [-0.05, 0) is 37.5 Å². The predicted molar refractivity (Wildman–Crippen MR) is 105 cm³/mol. The van der Waals surface area contributed by atoms with Crippen molar-refractivity contribution in [2.75, 3.05) is 13.1 Å². The lowest BCUT2D eigenvalue weighted by Crippen LogP contribution is -2.39. The van der Waals surface area contributed by atoms with E-state index in [1.165, 1.54) is 0 Å². The first kappa shape index (κ1) is 18.5. The van der Waals surface area contributed by atoms with Gasteiger partial charge in [0, 0.05) is 50.3 Å². The van der Waals surface area contributed by atoms with Crippen LogP contribution in [-0.2, 0) is 13.1 Å². The van der Waals surface area contributed by atoms with Crippen molar-refractivity contribution in [1.29, 1.82) is 0 Å². The monoisotopic (exact) mass is 381 g/mol. The Morgan fingerprint density at radius 1 is 1.29 bits per heavy atom. The highest BCUT2D eigenvalue weighted by molar-refractivity contribution is 5.91. The first-order valence-corrected chi connectivity index (χ1v) is 10.1. The lowest BCUT2D eigenvalue weighted by Gasteiger charge is -2.32. The van der Waals surface area contributed by atoms with Gasteiger partial charge in [0.25, 0.3) is 5.91 Å². The molecule has 0 N–H and O–H groups in total. The Balaban J connectivity index is 1.42. The molecule has 1 unspecified atom stereocenters. The number of hydrogen-bond acceptors (Lipinski definition) is 4. The average Bonchev–Trinajstić information content (AvgIpc) is 3.48. The van der Waals surface area contributed by atoms with E-state index in [9.17, 15) is 4.79 Å². The summed E-state index contributed by atoms with van der Waals surface area (Å²) in [5, 5.41) is 4.18. The van der Waals surface area contributed by atoms with Gasteiger partial charge in [-0.15, -0.1) is 0 Å². The highest BCUT2D eigenvalue weighted by atomic mass is 16.4. The standard InChI is InChI=1S/C21H27N5O2/c1-2-3-11-24-14-10-22-20(24)17-6-4-12-25(15-17)21(27)19-8-7-18(28-19)16-26-13-5-9-23-26/h5,7-10,13-14,17H,2-4,6,11-12,15-16H2,1H3. The normalized spacial score (nSPS) is 17.2. The molecular formula is C21H27N5O2. The Morgan fingerprint density at radius 3 is 3.04 bits per heavy atom. The van der Waals surface area contributed by atoms with Gasteiger partial charge < -0.3 is 13.9 Å². The third-order valence-electron chi connectivity index (χ3n) is 5.32. The molecule has 7 heteroatoms. The fourth-order valence-corrected chi connectivity index (χ4v) is 3.86. The van der Waals surface area contributed by atoms with E-state index < -0.39 is 0 Å². The number of amides is 1. The minimum Gasteiger partial charge on any atom is -0.454 e. The second-order valence-corrected chi connectivity index (χ2v) is 7.39. The molecule has 3 aromatic heterocycles. The average molecular weight is 381 g/mol. The number of likely N-dealkylation sites (tertiary alicyclic amines) is 1. The van der Waals surface area contributed by atoms with Crippen LogP contribution in [0.1, 0.15) is 60.7 Å². The zero-order valence-corrected chi connectivity index (χ0v) is 16.3. The molecule has 4 heterocycles. The number of hydrogen-bond donors (Lipinski definition) is 0. The molecule has 0 saturated carbocycles. The topological polar surface area (TPSA) is 69.1 Å². The van der Waals surface area contributed by atoms with E-state index in [4.69, 9.17) is 4.42 Å². The maximum atomic E-state index is 13.0. The highest BCUT2D eigenvalue weighted by Crippen LogP contribution is 2.27. The van der Waals surface area contributed by atoms with Crippen molar-refractivity contribution in [3.05, 3.63) is 60.3 Å². The summed E-state index contributed by atoms with van der Waals surface area (Å²) in [6.45, 7) is 5.17. The Labute approximate surface area is 165 Å². The van der Waals surface area contributed by atoms with E-state index in [0.717, 1.165) is 50.4 Å². The van der Waals surface area contributed by atoms with E-state index in [1.54, 1.807) is 16.9 Å². The van der Waals surface area contributed by atoms with Crippen LogP contribution in [0.3, 0.4) is 0 Å². The summed E-state index contributed by atoms with van der Waals surface area (Å²) in [7, 11) is 0. The van der Waals surface area contributed by atoms with Crippen molar-refractivity contribution in [1.82, 2.24) is 24.2 Å². The lowest BCUT2D eigenvalue weighted by molar-refractivity contribution is 0.0669. The molecule has 0 spiro atoms. The van der Waals surface area contributed by atoms with Crippen molar-refractivity contribution >= 4 is 5.91 Å². The zero-order valence-electron chi connectivity index (χ0n) is 16.3. The van der Waals surface area contributed by atoms with E-state index in [1.807, 2.05) is 29.4 Å². The van der Waals surface area contributed by atoms with E-state index in [2.05, 4.69) is 27.8 Å². The smallest absolute Gasteiger partial charge is 0.289 e. The third-order valence-corrected chi connectivity index (χ3v) is 5.32. The van der Waals surface area contributed by atoms with Crippen LogP contribution in [0, 0.1) is 0 Å². The number of aryl methyl sites for hydroxylation is 1. The van der Waals surface area contributed by atoms with Crippen LogP contribution < -0.4 is 0 Å². The van der Waals surface area contributed by atoms with Gasteiger partial charge in [0.15, 0.2) is 5.76 Å².